The van der Waals surface area contributed by atoms with E-state index < -0.39 is 34.9 Å². The zero-order chi connectivity index (χ0) is 27.1. The van der Waals surface area contributed by atoms with E-state index >= 15 is 0 Å². The summed E-state index contributed by atoms with van der Waals surface area (Å²) in [4.78, 5) is 40.4. The molecule has 3 N–H and O–H groups in total. The lowest BCUT2D eigenvalue weighted by Crippen LogP contribution is -2.62. The van der Waals surface area contributed by atoms with Crippen LogP contribution in [0.2, 0.25) is 0 Å². The third-order valence-corrected chi connectivity index (χ3v) is 7.25. The van der Waals surface area contributed by atoms with E-state index in [1.165, 1.54) is 6.92 Å². The molecule has 0 aliphatic rings. The van der Waals surface area contributed by atoms with Crippen molar-refractivity contribution in [3.8, 4) is 0 Å². The molecule has 0 aromatic heterocycles. The van der Waals surface area contributed by atoms with Crippen LogP contribution < -0.4 is 10.6 Å². The Labute approximate surface area is 211 Å². The van der Waals surface area contributed by atoms with Crippen LogP contribution in [0.15, 0.2) is 42.0 Å². The number of carbonyl (C=O) groups excluding carboxylic acids is 2. The van der Waals surface area contributed by atoms with E-state index in [-0.39, 0.29) is 23.3 Å². The monoisotopic (exact) mass is 487 g/mol. The van der Waals surface area contributed by atoms with Crippen LogP contribution in [0.3, 0.4) is 0 Å². The van der Waals surface area contributed by atoms with Crippen LogP contribution in [-0.4, -0.2) is 60.0 Å². The van der Waals surface area contributed by atoms with Gasteiger partial charge in [0.2, 0.25) is 11.8 Å². The maximum atomic E-state index is 13.8. The van der Waals surface area contributed by atoms with Crippen LogP contribution in [0, 0.1) is 11.3 Å². The van der Waals surface area contributed by atoms with E-state index in [1.807, 2.05) is 78.8 Å². The first-order chi connectivity index (χ1) is 16.1. The van der Waals surface area contributed by atoms with Gasteiger partial charge < -0.3 is 20.6 Å². The van der Waals surface area contributed by atoms with E-state index in [1.54, 1.807) is 25.1 Å². The molecule has 0 saturated heterocycles. The fourth-order valence-electron chi connectivity index (χ4n) is 4.30. The van der Waals surface area contributed by atoms with E-state index in [4.69, 9.17) is 0 Å². The van der Waals surface area contributed by atoms with Crippen LogP contribution in [0.1, 0.15) is 67.4 Å². The molecule has 0 fully saturated rings. The van der Waals surface area contributed by atoms with Gasteiger partial charge in [-0.25, -0.2) is 4.79 Å². The number of likely N-dealkylation sites (N-methyl/N-ethyl adjacent to an activating group) is 2. The van der Waals surface area contributed by atoms with Crippen molar-refractivity contribution in [3.63, 3.8) is 0 Å². The van der Waals surface area contributed by atoms with Crippen LogP contribution in [0.25, 0.3) is 0 Å². The molecule has 0 bridgehead atoms. The zero-order valence-electron chi connectivity index (χ0n) is 23.1. The lowest BCUT2D eigenvalue weighted by Gasteiger charge is -2.41. The minimum Gasteiger partial charge on any atom is -0.478 e. The van der Waals surface area contributed by atoms with Gasteiger partial charge in [-0.15, -0.1) is 0 Å². The number of aliphatic carboxylic acids is 1. The fraction of sp³-hybridized carbons (Fsp3) is 0.607. The van der Waals surface area contributed by atoms with Crippen molar-refractivity contribution in [1.29, 1.82) is 0 Å². The summed E-state index contributed by atoms with van der Waals surface area (Å²) in [5.41, 5.74) is 0.137. The summed E-state index contributed by atoms with van der Waals surface area (Å²) in [6.07, 6.45) is 2.28. The van der Waals surface area contributed by atoms with Crippen LogP contribution in [-0.2, 0) is 19.8 Å². The van der Waals surface area contributed by atoms with E-state index in [9.17, 15) is 19.5 Å². The molecule has 1 aromatic rings. The average Bonchev–Trinajstić information content (AvgIpc) is 2.80. The molecule has 196 valence electrons. The van der Waals surface area contributed by atoms with Gasteiger partial charge in [-0.1, -0.05) is 84.9 Å². The van der Waals surface area contributed by atoms with Gasteiger partial charge in [-0.3, -0.25) is 9.59 Å². The maximum absolute atomic E-state index is 13.8. The van der Waals surface area contributed by atoms with Crippen molar-refractivity contribution in [3.05, 3.63) is 47.5 Å². The number of carboxylic acid groups (broad SMARTS) is 1. The Morgan fingerprint density at radius 1 is 1.06 bits per heavy atom. The lowest BCUT2D eigenvalue weighted by atomic mass is 9.76. The number of hydrogen-bond donors (Lipinski definition) is 3. The molecule has 0 radical (unpaired) electrons. The third kappa shape index (κ3) is 7.40. The SMILES string of the molecule is CCC(C)(C)[C@H](NC(=O)[C@H](NC)C(C)(C)c1ccccc1)C(=O)N(C)[C@H](/C=C(\C)C(=O)O)C(C)C. The molecule has 0 spiro atoms. The van der Waals surface area contributed by atoms with E-state index in [2.05, 4.69) is 10.6 Å². The van der Waals surface area contributed by atoms with Crippen LogP contribution in [0.4, 0.5) is 0 Å². The summed E-state index contributed by atoms with van der Waals surface area (Å²) in [7, 11) is 3.42. The number of hydrogen-bond acceptors (Lipinski definition) is 4. The van der Waals surface area contributed by atoms with E-state index in [0.29, 0.717) is 6.42 Å². The number of amides is 2. The summed E-state index contributed by atoms with van der Waals surface area (Å²) in [6.45, 7) is 15.3. The van der Waals surface area contributed by atoms with Gasteiger partial charge in [0, 0.05) is 18.0 Å². The summed E-state index contributed by atoms with van der Waals surface area (Å²) in [5, 5.41) is 15.6. The first-order valence-corrected chi connectivity index (χ1v) is 12.3. The second-order valence-corrected chi connectivity index (χ2v) is 10.9. The van der Waals surface area contributed by atoms with Gasteiger partial charge in [0.15, 0.2) is 0 Å². The summed E-state index contributed by atoms with van der Waals surface area (Å²) in [6, 6.07) is 8.03. The minimum atomic E-state index is -1.02. The number of nitrogens with zero attached hydrogens (tertiary/aromatic N) is 1. The summed E-state index contributed by atoms with van der Waals surface area (Å²) < 4.78 is 0. The minimum absolute atomic E-state index is 0.0126. The maximum Gasteiger partial charge on any atom is 0.331 e. The molecule has 35 heavy (non-hydrogen) atoms. The number of carboxylic acids is 1. The van der Waals surface area contributed by atoms with Gasteiger partial charge in [0.05, 0.1) is 12.1 Å². The Kier molecular flexibility index (Phi) is 10.7. The van der Waals surface area contributed by atoms with E-state index in [0.717, 1.165) is 5.56 Å². The molecule has 1 rings (SSSR count). The largest absolute Gasteiger partial charge is 0.478 e. The molecular weight excluding hydrogens is 442 g/mol. The first kappa shape index (κ1) is 30.4. The Hall–Kier alpha value is -2.67. The molecule has 0 unspecified atom stereocenters. The van der Waals surface area contributed by atoms with Crippen molar-refractivity contribution in [2.45, 2.75) is 85.4 Å². The molecule has 0 saturated carbocycles. The van der Waals surface area contributed by atoms with Gasteiger partial charge >= 0.3 is 5.97 Å². The van der Waals surface area contributed by atoms with Crippen molar-refractivity contribution < 1.29 is 19.5 Å². The lowest BCUT2D eigenvalue weighted by molar-refractivity contribution is -0.141. The smallest absolute Gasteiger partial charge is 0.331 e. The van der Waals surface area contributed by atoms with Gasteiger partial charge in [0.25, 0.3) is 0 Å². The topological polar surface area (TPSA) is 98.7 Å². The number of nitrogens with one attached hydrogen (secondary N) is 2. The number of carbonyl (C=O) groups is 3. The zero-order valence-corrected chi connectivity index (χ0v) is 23.1. The molecular formula is C28H45N3O4. The molecule has 0 aliphatic carbocycles. The van der Waals surface area contributed by atoms with Crippen molar-refractivity contribution in [2.75, 3.05) is 14.1 Å². The summed E-state index contributed by atoms with van der Waals surface area (Å²) in [5.74, 6) is -1.53. The normalized spacial score (nSPS) is 15.3. The second-order valence-electron chi connectivity index (χ2n) is 10.9. The standard InChI is InChI=1S/C28H45N3O4/c1-11-27(5,6)23(25(33)31(10)21(18(2)3)17-19(4)26(34)35)30-24(32)22(29-9)28(7,8)20-15-13-12-14-16-20/h12-18,21-23,29H,11H2,1-10H3,(H,30,32)(H,34,35)/b19-17+/t21-,22+,23-/m1/s1. The molecule has 0 aliphatic heterocycles. The molecule has 7 nitrogen and oxygen atoms in total. The number of rotatable bonds is 12. The molecule has 0 heterocycles. The first-order valence-electron chi connectivity index (χ1n) is 12.3. The predicted octanol–water partition coefficient (Wildman–Crippen LogP) is 3.99. The highest BCUT2D eigenvalue weighted by Crippen LogP contribution is 2.30. The highest BCUT2D eigenvalue weighted by molar-refractivity contribution is 5.91. The average molecular weight is 488 g/mol. The van der Waals surface area contributed by atoms with Crippen LogP contribution >= 0.6 is 0 Å². The Balaban J connectivity index is 3.36. The van der Waals surface area contributed by atoms with Gasteiger partial charge in [0.1, 0.15) is 6.04 Å². The van der Waals surface area contributed by atoms with Gasteiger partial charge in [-0.05, 0) is 37.3 Å². The molecule has 3 atom stereocenters. The van der Waals surface area contributed by atoms with Crippen molar-refractivity contribution in [1.82, 2.24) is 15.5 Å². The summed E-state index contributed by atoms with van der Waals surface area (Å²) >= 11 is 0. The van der Waals surface area contributed by atoms with Crippen LogP contribution in [0.5, 0.6) is 0 Å². The fourth-order valence-corrected chi connectivity index (χ4v) is 4.30. The Morgan fingerprint density at radius 2 is 1.60 bits per heavy atom. The number of benzene rings is 1. The highest BCUT2D eigenvalue weighted by atomic mass is 16.4. The van der Waals surface area contributed by atoms with Gasteiger partial charge in [-0.2, -0.15) is 0 Å². The molecule has 1 aromatic carbocycles. The second kappa shape index (κ2) is 12.3. The van der Waals surface area contributed by atoms with Crippen molar-refractivity contribution in [2.24, 2.45) is 11.3 Å². The molecule has 7 heteroatoms. The molecule has 2 amide bonds. The predicted molar refractivity (Wildman–Crippen MR) is 141 cm³/mol. The quantitative estimate of drug-likeness (QED) is 0.387. The Bertz CT molecular complexity index is 906. The highest BCUT2D eigenvalue weighted by Gasteiger charge is 2.42. The Morgan fingerprint density at radius 3 is 2.03 bits per heavy atom. The third-order valence-electron chi connectivity index (χ3n) is 7.25. The van der Waals surface area contributed by atoms with Crippen molar-refractivity contribution >= 4 is 17.8 Å².